The predicted molar refractivity (Wildman–Crippen MR) is 99.1 cm³/mol. The third kappa shape index (κ3) is 3.03. The molecule has 2 aromatic carbocycles. The lowest BCUT2D eigenvalue weighted by Gasteiger charge is -2.27. The molecule has 1 aromatic heterocycles. The van der Waals surface area contributed by atoms with Crippen LogP contribution in [0.25, 0.3) is 10.9 Å². The van der Waals surface area contributed by atoms with E-state index in [0.717, 1.165) is 54.0 Å². The van der Waals surface area contributed by atoms with Crippen molar-refractivity contribution < 1.29 is 14.7 Å². The second-order valence-electron chi connectivity index (χ2n) is 6.99. The van der Waals surface area contributed by atoms with Gasteiger partial charge in [0, 0.05) is 34.1 Å². The van der Waals surface area contributed by atoms with E-state index in [0.29, 0.717) is 0 Å². The minimum atomic E-state index is -0.485. The van der Waals surface area contributed by atoms with E-state index in [9.17, 15) is 5.11 Å². The second kappa shape index (κ2) is 6.54. The largest absolute Gasteiger partial charge is 0.497 e. The number of benzene rings is 2. The van der Waals surface area contributed by atoms with Crippen molar-refractivity contribution in [2.75, 3.05) is 20.2 Å². The van der Waals surface area contributed by atoms with Crippen molar-refractivity contribution in [3.63, 3.8) is 0 Å². The Balaban J connectivity index is 1.58. The average Bonchev–Trinajstić information content (AvgIpc) is 2.96. The number of aromatic nitrogens is 1. The molecule has 1 aliphatic rings. The van der Waals surface area contributed by atoms with Crippen LogP contribution in [0.5, 0.6) is 5.75 Å². The molecule has 1 aliphatic heterocycles. The zero-order valence-corrected chi connectivity index (χ0v) is 14.8. The molecule has 0 amide bonds. The van der Waals surface area contributed by atoms with Gasteiger partial charge in [-0.15, -0.1) is 0 Å². The number of ether oxygens (including phenoxy) is 1. The van der Waals surface area contributed by atoms with Crippen LogP contribution >= 0.6 is 0 Å². The molecule has 2 atom stereocenters. The summed E-state index contributed by atoms with van der Waals surface area (Å²) in [6.45, 7) is 4.81. The van der Waals surface area contributed by atoms with Crippen molar-refractivity contribution in [2.24, 2.45) is 0 Å². The van der Waals surface area contributed by atoms with Crippen LogP contribution in [0.15, 0.2) is 42.5 Å². The first-order chi connectivity index (χ1) is 12.2. The Morgan fingerprint density at radius 3 is 2.80 bits per heavy atom. The van der Waals surface area contributed by atoms with Gasteiger partial charge in [0.05, 0.1) is 13.7 Å². The molecule has 0 bridgehead atoms. The maximum atomic E-state index is 11.0. The lowest BCUT2D eigenvalue weighted by Crippen LogP contribution is -3.12. The number of aromatic amines is 1. The van der Waals surface area contributed by atoms with E-state index in [4.69, 9.17) is 4.74 Å². The molecule has 3 aromatic rings. The number of methoxy groups -OCH3 is 1. The Bertz CT molecular complexity index is 900. The summed E-state index contributed by atoms with van der Waals surface area (Å²) in [6.07, 6.45) is 0.597. The first kappa shape index (κ1) is 16.2. The van der Waals surface area contributed by atoms with E-state index in [1.165, 1.54) is 16.0 Å². The van der Waals surface area contributed by atoms with Crippen LogP contribution in [0.2, 0.25) is 0 Å². The minimum absolute atomic E-state index is 0.485. The zero-order valence-electron chi connectivity index (χ0n) is 14.8. The highest BCUT2D eigenvalue weighted by Crippen LogP contribution is 2.30. The maximum absolute atomic E-state index is 11.0. The topological polar surface area (TPSA) is 49.7 Å². The van der Waals surface area contributed by atoms with Crippen LogP contribution in [0, 0.1) is 6.92 Å². The number of aryl methyl sites for hydroxylation is 1. The fourth-order valence-electron chi connectivity index (χ4n) is 4.08. The van der Waals surface area contributed by atoms with Crippen LogP contribution in [-0.2, 0) is 13.0 Å². The first-order valence-corrected chi connectivity index (χ1v) is 8.90. The van der Waals surface area contributed by atoms with Crippen LogP contribution in [0.4, 0.5) is 0 Å². The minimum Gasteiger partial charge on any atom is -0.497 e. The Labute approximate surface area is 148 Å². The van der Waals surface area contributed by atoms with Crippen LogP contribution in [-0.4, -0.2) is 30.3 Å². The summed E-state index contributed by atoms with van der Waals surface area (Å²) >= 11 is 0. The van der Waals surface area contributed by atoms with Gasteiger partial charge in [0.1, 0.15) is 24.9 Å². The van der Waals surface area contributed by atoms with Gasteiger partial charge in [-0.3, -0.25) is 0 Å². The van der Waals surface area contributed by atoms with E-state index >= 15 is 0 Å². The predicted octanol–water partition coefficient (Wildman–Crippen LogP) is 2.16. The summed E-state index contributed by atoms with van der Waals surface area (Å²) < 4.78 is 5.35. The molecule has 3 N–H and O–H groups in total. The van der Waals surface area contributed by atoms with Crippen molar-refractivity contribution in [1.29, 1.82) is 0 Å². The zero-order chi connectivity index (χ0) is 17.4. The summed E-state index contributed by atoms with van der Waals surface area (Å²) in [6, 6.07) is 14.6. The van der Waals surface area contributed by atoms with E-state index in [2.05, 4.69) is 29.2 Å². The second-order valence-corrected chi connectivity index (χ2v) is 6.99. The van der Waals surface area contributed by atoms with E-state index in [1.807, 2.05) is 25.1 Å². The van der Waals surface area contributed by atoms with Gasteiger partial charge in [-0.25, -0.2) is 0 Å². The number of quaternary nitrogens is 1. The van der Waals surface area contributed by atoms with Crippen LogP contribution < -0.4 is 9.64 Å². The van der Waals surface area contributed by atoms with Crippen molar-refractivity contribution in [3.8, 4) is 5.75 Å². The Morgan fingerprint density at radius 2 is 2.00 bits per heavy atom. The fourth-order valence-corrected chi connectivity index (χ4v) is 4.08. The SMILES string of the molecule is COc1ccc2[nH]c(C)c([C@H](O)C[NH+]3CCc4ccccc4C3)c2c1. The number of fused-ring (bicyclic) bond motifs is 2. The van der Waals surface area contributed by atoms with Crippen molar-refractivity contribution in [2.45, 2.75) is 26.0 Å². The molecule has 0 radical (unpaired) electrons. The lowest BCUT2D eigenvalue weighted by atomic mass is 9.98. The Hall–Kier alpha value is -2.30. The first-order valence-electron chi connectivity index (χ1n) is 8.90. The smallest absolute Gasteiger partial charge is 0.130 e. The quantitative estimate of drug-likeness (QED) is 0.683. The number of nitrogens with one attached hydrogen (secondary N) is 2. The highest BCUT2D eigenvalue weighted by atomic mass is 16.5. The summed E-state index contributed by atoms with van der Waals surface area (Å²) in [5, 5.41) is 12.0. The molecule has 2 heterocycles. The molecule has 130 valence electrons. The van der Waals surface area contributed by atoms with E-state index in [1.54, 1.807) is 7.11 Å². The van der Waals surface area contributed by atoms with Gasteiger partial charge in [0.2, 0.25) is 0 Å². The number of rotatable bonds is 4. The van der Waals surface area contributed by atoms with Gasteiger partial charge in [0.25, 0.3) is 0 Å². The van der Waals surface area contributed by atoms with Crippen LogP contribution in [0.1, 0.15) is 28.5 Å². The molecular formula is C21H25N2O2+. The molecule has 4 heteroatoms. The van der Waals surface area contributed by atoms with Gasteiger partial charge in [-0.1, -0.05) is 24.3 Å². The summed E-state index contributed by atoms with van der Waals surface area (Å²) in [5.74, 6) is 0.819. The van der Waals surface area contributed by atoms with Crippen LogP contribution in [0.3, 0.4) is 0 Å². The molecule has 0 saturated heterocycles. The number of hydrogen-bond acceptors (Lipinski definition) is 2. The molecule has 4 nitrogen and oxygen atoms in total. The normalized spacial score (nSPS) is 18.1. The van der Waals surface area contributed by atoms with Crippen molar-refractivity contribution in [3.05, 3.63) is 64.8 Å². The lowest BCUT2D eigenvalue weighted by molar-refractivity contribution is -0.919. The summed E-state index contributed by atoms with van der Waals surface area (Å²) in [4.78, 5) is 4.82. The number of H-pyrrole nitrogens is 1. The molecule has 0 spiro atoms. The van der Waals surface area contributed by atoms with Gasteiger partial charge in [0.15, 0.2) is 0 Å². The molecule has 0 saturated carbocycles. The maximum Gasteiger partial charge on any atom is 0.130 e. The highest BCUT2D eigenvalue weighted by Gasteiger charge is 2.25. The molecular weight excluding hydrogens is 312 g/mol. The summed E-state index contributed by atoms with van der Waals surface area (Å²) in [5.41, 5.74) is 5.95. The third-order valence-electron chi connectivity index (χ3n) is 5.37. The fraction of sp³-hybridized carbons (Fsp3) is 0.333. The van der Waals surface area contributed by atoms with E-state index in [-0.39, 0.29) is 0 Å². The van der Waals surface area contributed by atoms with Gasteiger partial charge < -0.3 is 19.7 Å². The number of aliphatic hydroxyl groups excluding tert-OH is 1. The van der Waals surface area contributed by atoms with Gasteiger partial charge in [-0.05, 0) is 30.7 Å². The molecule has 0 aliphatic carbocycles. The van der Waals surface area contributed by atoms with Gasteiger partial charge >= 0.3 is 0 Å². The average molecular weight is 337 g/mol. The molecule has 1 unspecified atom stereocenters. The monoisotopic (exact) mass is 337 g/mol. The Kier molecular flexibility index (Phi) is 4.24. The third-order valence-corrected chi connectivity index (χ3v) is 5.37. The molecule has 0 fully saturated rings. The number of aliphatic hydroxyl groups is 1. The van der Waals surface area contributed by atoms with Crippen molar-refractivity contribution >= 4 is 10.9 Å². The summed E-state index contributed by atoms with van der Waals surface area (Å²) in [7, 11) is 1.67. The van der Waals surface area contributed by atoms with Gasteiger partial charge in [-0.2, -0.15) is 0 Å². The van der Waals surface area contributed by atoms with E-state index < -0.39 is 6.10 Å². The Morgan fingerprint density at radius 1 is 1.20 bits per heavy atom. The number of hydrogen-bond donors (Lipinski definition) is 3. The van der Waals surface area contributed by atoms with Crippen molar-refractivity contribution in [1.82, 2.24) is 4.98 Å². The molecule has 25 heavy (non-hydrogen) atoms. The standard InChI is InChI=1S/C21H24N2O2/c1-14-21(18-11-17(25-2)7-8-19(18)22-14)20(24)13-23-10-9-15-5-3-4-6-16(15)12-23/h3-8,11,20,22,24H,9-10,12-13H2,1-2H3/p+1/t20-/m1/s1. The highest BCUT2D eigenvalue weighted by molar-refractivity contribution is 5.86. The molecule has 4 rings (SSSR count).